The minimum atomic E-state index is 0.728. The van der Waals surface area contributed by atoms with Gasteiger partial charge in [0.05, 0.1) is 0 Å². The molecule has 1 aliphatic carbocycles. The molecule has 96 valence electrons. The van der Waals surface area contributed by atoms with E-state index < -0.39 is 0 Å². The second-order valence-electron chi connectivity index (χ2n) is 5.60. The van der Waals surface area contributed by atoms with E-state index in [2.05, 4.69) is 38.2 Å². The molecule has 1 N–H and O–H groups in total. The van der Waals surface area contributed by atoms with Crippen LogP contribution in [0.4, 0.5) is 0 Å². The molecule has 1 saturated carbocycles. The molecule has 1 aliphatic rings. The zero-order valence-corrected chi connectivity index (χ0v) is 12.1. The van der Waals surface area contributed by atoms with Gasteiger partial charge >= 0.3 is 0 Å². The molecule has 0 aliphatic heterocycles. The van der Waals surface area contributed by atoms with Crippen LogP contribution in [-0.2, 0) is 13.0 Å². The number of thiophene rings is 1. The lowest BCUT2D eigenvalue weighted by Gasteiger charge is -2.33. The van der Waals surface area contributed by atoms with Gasteiger partial charge in [0, 0.05) is 22.3 Å². The van der Waals surface area contributed by atoms with Gasteiger partial charge in [-0.1, -0.05) is 27.2 Å². The summed E-state index contributed by atoms with van der Waals surface area (Å²) in [6.07, 6.45) is 5.33. The summed E-state index contributed by atoms with van der Waals surface area (Å²) in [5.74, 6) is 1.75. The van der Waals surface area contributed by atoms with E-state index in [4.69, 9.17) is 0 Å². The van der Waals surface area contributed by atoms with E-state index in [0.29, 0.717) is 0 Å². The molecule has 1 nitrogen and oxygen atoms in total. The predicted octanol–water partition coefficient (Wildman–Crippen LogP) is 4.22. The predicted molar refractivity (Wildman–Crippen MR) is 76.5 cm³/mol. The van der Waals surface area contributed by atoms with E-state index in [-0.39, 0.29) is 0 Å². The molecule has 2 heteroatoms. The van der Waals surface area contributed by atoms with Crippen LogP contribution in [-0.4, -0.2) is 6.04 Å². The van der Waals surface area contributed by atoms with Crippen molar-refractivity contribution in [3.63, 3.8) is 0 Å². The average molecular weight is 251 g/mol. The second kappa shape index (κ2) is 6.01. The third kappa shape index (κ3) is 3.56. The van der Waals surface area contributed by atoms with Gasteiger partial charge in [0.2, 0.25) is 0 Å². The van der Waals surface area contributed by atoms with Crippen LogP contribution < -0.4 is 5.32 Å². The fraction of sp³-hybridized carbons (Fsp3) is 0.733. The quantitative estimate of drug-likeness (QED) is 0.844. The smallest absolute Gasteiger partial charge is 0.0302 e. The maximum atomic E-state index is 3.77. The topological polar surface area (TPSA) is 12.0 Å². The van der Waals surface area contributed by atoms with Crippen LogP contribution in [0.3, 0.4) is 0 Å². The minimum absolute atomic E-state index is 0.728. The maximum Gasteiger partial charge on any atom is 0.0302 e. The standard InChI is InChI=1S/C15H25NS/c1-4-13-7-8-14(17-13)10-16-15-9-11(2)5-6-12(15)3/h7-8,11-12,15-16H,4-6,9-10H2,1-3H3. The van der Waals surface area contributed by atoms with Gasteiger partial charge in [-0.3, -0.25) is 0 Å². The highest BCUT2D eigenvalue weighted by Gasteiger charge is 2.24. The summed E-state index contributed by atoms with van der Waals surface area (Å²) in [5, 5.41) is 3.77. The van der Waals surface area contributed by atoms with Crippen molar-refractivity contribution in [2.24, 2.45) is 11.8 Å². The van der Waals surface area contributed by atoms with Gasteiger partial charge in [-0.05, 0) is 43.2 Å². The van der Waals surface area contributed by atoms with E-state index in [1.807, 2.05) is 11.3 Å². The molecule has 3 unspecified atom stereocenters. The maximum absolute atomic E-state index is 3.77. The molecular weight excluding hydrogens is 226 g/mol. The number of hydrogen-bond donors (Lipinski definition) is 1. The third-order valence-corrected chi connectivity index (χ3v) is 5.29. The van der Waals surface area contributed by atoms with Crippen LogP contribution >= 0.6 is 11.3 Å². The lowest BCUT2D eigenvalue weighted by Crippen LogP contribution is -2.38. The van der Waals surface area contributed by atoms with Crippen LogP contribution in [0.5, 0.6) is 0 Å². The Balaban J connectivity index is 1.84. The first-order valence-corrected chi connectivity index (χ1v) is 7.81. The molecule has 1 fully saturated rings. The SMILES string of the molecule is CCc1ccc(CNC2CC(C)CCC2C)s1. The van der Waals surface area contributed by atoms with Crippen LogP contribution in [0.25, 0.3) is 0 Å². The molecule has 17 heavy (non-hydrogen) atoms. The van der Waals surface area contributed by atoms with Crippen LogP contribution in [0.1, 0.15) is 49.8 Å². The number of hydrogen-bond acceptors (Lipinski definition) is 2. The van der Waals surface area contributed by atoms with Gasteiger partial charge in [-0.2, -0.15) is 0 Å². The van der Waals surface area contributed by atoms with E-state index in [1.165, 1.54) is 35.4 Å². The lowest BCUT2D eigenvalue weighted by molar-refractivity contribution is 0.228. The van der Waals surface area contributed by atoms with E-state index >= 15 is 0 Å². The zero-order chi connectivity index (χ0) is 12.3. The molecular formula is C15H25NS. The number of aryl methyl sites for hydroxylation is 1. The van der Waals surface area contributed by atoms with Crippen molar-refractivity contribution in [2.45, 2.75) is 59.0 Å². The normalized spacial score (nSPS) is 29.5. The Kier molecular flexibility index (Phi) is 4.63. The monoisotopic (exact) mass is 251 g/mol. The van der Waals surface area contributed by atoms with E-state index in [9.17, 15) is 0 Å². The van der Waals surface area contributed by atoms with Crippen molar-refractivity contribution in [1.29, 1.82) is 0 Å². The van der Waals surface area contributed by atoms with Gasteiger partial charge in [0.25, 0.3) is 0 Å². The molecule has 1 heterocycles. The number of nitrogens with one attached hydrogen (secondary N) is 1. The molecule has 3 atom stereocenters. The fourth-order valence-corrected chi connectivity index (χ4v) is 3.66. The first-order valence-electron chi connectivity index (χ1n) is 7.00. The van der Waals surface area contributed by atoms with Crippen LogP contribution in [0.15, 0.2) is 12.1 Å². The average Bonchev–Trinajstić information content (AvgIpc) is 2.78. The molecule has 1 aromatic rings. The Hall–Kier alpha value is -0.340. The number of rotatable bonds is 4. The van der Waals surface area contributed by atoms with Gasteiger partial charge in [-0.15, -0.1) is 11.3 Å². The Labute approximate surface area is 110 Å². The summed E-state index contributed by atoms with van der Waals surface area (Å²) in [6, 6.07) is 5.29. The Morgan fingerprint density at radius 2 is 2.00 bits per heavy atom. The molecule has 0 aromatic carbocycles. The highest BCUT2D eigenvalue weighted by molar-refractivity contribution is 7.11. The molecule has 0 amide bonds. The molecule has 2 rings (SSSR count). The van der Waals surface area contributed by atoms with Crippen molar-refractivity contribution in [3.05, 3.63) is 21.9 Å². The highest BCUT2D eigenvalue weighted by Crippen LogP contribution is 2.29. The van der Waals surface area contributed by atoms with Gasteiger partial charge in [0.15, 0.2) is 0 Å². The lowest BCUT2D eigenvalue weighted by atomic mass is 9.80. The fourth-order valence-electron chi connectivity index (χ4n) is 2.76. The summed E-state index contributed by atoms with van der Waals surface area (Å²) in [6.45, 7) is 8.08. The van der Waals surface area contributed by atoms with Gasteiger partial charge in [0.1, 0.15) is 0 Å². The van der Waals surface area contributed by atoms with E-state index in [1.54, 1.807) is 0 Å². The second-order valence-corrected chi connectivity index (χ2v) is 6.86. The molecule has 0 radical (unpaired) electrons. The minimum Gasteiger partial charge on any atom is -0.309 e. The first kappa shape index (κ1) is 13.1. The molecule has 0 bridgehead atoms. The van der Waals surface area contributed by atoms with Crippen molar-refractivity contribution in [1.82, 2.24) is 5.32 Å². The summed E-state index contributed by atoms with van der Waals surface area (Å²) >= 11 is 1.96. The highest BCUT2D eigenvalue weighted by atomic mass is 32.1. The first-order chi connectivity index (χ1) is 8.19. The third-order valence-electron chi connectivity index (χ3n) is 4.06. The summed E-state index contributed by atoms with van der Waals surface area (Å²) in [7, 11) is 0. The summed E-state index contributed by atoms with van der Waals surface area (Å²) in [5.41, 5.74) is 0. The Morgan fingerprint density at radius 1 is 1.24 bits per heavy atom. The molecule has 0 saturated heterocycles. The van der Waals surface area contributed by atoms with Gasteiger partial charge in [-0.25, -0.2) is 0 Å². The van der Waals surface area contributed by atoms with Crippen molar-refractivity contribution in [2.75, 3.05) is 0 Å². The molecule has 0 spiro atoms. The van der Waals surface area contributed by atoms with Crippen molar-refractivity contribution >= 4 is 11.3 Å². The van der Waals surface area contributed by atoms with Gasteiger partial charge < -0.3 is 5.32 Å². The Bertz CT molecular complexity index is 344. The molecule has 1 aromatic heterocycles. The van der Waals surface area contributed by atoms with Crippen LogP contribution in [0, 0.1) is 11.8 Å². The van der Waals surface area contributed by atoms with Crippen molar-refractivity contribution in [3.8, 4) is 0 Å². The Morgan fingerprint density at radius 3 is 2.71 bits per heavy atom. The van der Waals surface area contributed by atoms with Crippen molar-refractivity contribution < 1.29 is 0 Å². The van der Waals surface area contributed by atoms with Crippen LogP contribution in [0.2, 0.25) is 0 Å². The largest absolute Gasteiger partial charge is 0.309 e. The summed E-state index contributed by atoms with van der Waals surface area (Å²) in [4.78, 5) is 3.00. The zero-order valence-electron chi connectivity index (χ0n) is 11.3. The summed E-state index contributed by atoms with van der Waals surface area (Å²) < 4.78 is 0. The van der Waals surface area contributed by atoms with E-state index in [0.717, 1.165) is 24.4 Å².